The molecule has 3 fully saturated rings. The maximum Gasteiger partial charge on any atom is 0.0757 e. The summed E-state index contributed by atoms with van der Waals surface area (Å²) in [7, 11) is 0. The number of hydrogen-bond donors (Lipinski definition) is 0. The zero-order chi connectivity index (χ0) is 17.6. The van der Waals surface area contributed by atoms with E-state index in [-0.39, 0.29) is 16.6 Å². The van der Waals surface area contributed by atoms with Gasteiger partial charge in [0.1, 0.15) is 0 Å². The molecule has 5 nitrogen and oxygen atoms in total. The highest BCUT2D eigenvalue weighted by Gasteiger charge is 2.45. The number of morpholine rings is 2. The van der Waals surface area contributed by atoms with E-state index in [9.17, 15) is 0 Å². The number of hydrogen-bond acceptors (Lipinski definition) is 5. The van der Waals surface area contributed by atoms with Crippen molar-refractivity contribution in [1.29, 1.82) is 0 Å². The molecule has 24 heavy (non-hydrogen) atoms. The highest BCUT2D eigenvalue weighted by Crippen LogP contribution is 2.34. The van der Waals surface area contributed by atoms with Crippen LogP contribution in [-0.2, 0) is 14.2 Å². The van der Waals surface area contributed by atoms with Crippen LogP contribution in [0.25, 0.3) is 0 Å². The van der Waals surface area contributed by atoms with Gasteiger partial charge in [-0.05, 0) is 41.5 Å². The van der Waals surface area contributed by atoms with Crippen molar-refractivity contribution >= 4 is 0 Å². The van der Waals surface area contributed by atoms with Crippen LogP contribution in [0.15, 0.2) is 0 Å². The third kappa shape index (κ3) is 4.50. The van der Waals surface area contributed by atoms with Gasteiger partial charge in [-0.1, -0.05) is 0 Å². The molecule has 0 unspecified atom stereocenters. The van der Waals surface area contributed by atoms with Crippen LogP contribution >= 0.6 is 0 Å². The molecule has 0 saturated carbocycles. The quantitative estimate of drug-likeness (QED) is 0.782. The molecule has 0 aliphatic carbocycles. The Bertz CT molecular complexity index is 412. The van der Waals surface area contributed by atoms with Crippen LogP contribution in [0.2, 0.25) is 0 Å². The number of nitrogens with zero attached hydrogens (tertiary/aromatic N) is 2. The molecule has 3 aliphatic heterocycles. The van der Waals surface area contributed by atoms with Gasteiger partial charge < -0.3 is 14.2 Å². The fourth-order valence-electron chi connectivity index (χ4n) is 4.98. The zero-order valence-corrected chi connectivity index (χ0v) is 16.4. The lowest BCUT2D eigenvalue weighted by Gasteiger charge is -2.52. The first kappa shape index (κ1) is 18.6. The maximum atomic E-state index is 6.06. The lowest BCUT2D eigenvalue weighted by Crippen LogP contribution is -2.63. The van der Waals surface area contributed by atoms with Gasteiger partial charge in [0.15, 0.2) is 0 Å². The average Bonchev–Trinajstić information content (AvgIpc) is 2.30. The van der Waals surface area contributed by atoms with E-state index in [2.05, 4.69) is 51.3 Å². The molecular formula is C19H36N2O3. The van der Waals surface area contributed by atoms with Crippen molar-refractivity contribution in [3.8, 4) is 0 Å². The molecule has 3 saturated heterocycles. The Kier molecular flexibility index (Phi) is 5.04. The Balaban J connectivity index is 1.62. The molecule has 3 aliphatic rings. The molecule has 0 spiro atoms. The largest absolute Gasteiger partial charge is 0.380 e. The minimum absolute atomic E-state index is 0.0566. The summed E-state index contributed by atoms with van der Waals surface area (Å²) in [6, 6.07) is 0. The van der Waals surface area contributed by atoms with Crippen LogP contribution in [0, 0.1) is 5.41 Å². The van der Waals surface area contributed by atoms with Crippen LogP contribution in [0.3, 0.4) is 0 Å². The molecule has 0 aromatic carbocycles. The second kappa shape index (κ2) is 6.51. The van der Waals surface area contributed by atoms with Gasteiger partial charge in [-0.3, -0.25) is 9.80 Å². The predicted molar refractivity (Wildman–Crippen MR) is 95.4 cm³/mol. The summed E-state index contributed by atoms with van der Waals surface area (Å²) >= 11 is 0. The highest BCUT2D eigenvalue weighted by atomic mass is 16.5. The fraction of sp³-hybridized carbons (Fsp3) is 1.00. The van der Waals surface area contributed by atoms with Gasteiger partial charge in [-0.2, -0.15) is 0 Å². The van der Waals surface area contributed by atoms with E-state index in [4.69, 9.17) is 14.2 Å². The Morgan fingerprint density at radius 1 is 0.792 bits per heavy atom. The third-order valence-corrected chi connectivity index (χ3v) is 5.21. The minimum atomic E-state index is -0.0566. The Morgan fingerprint density at radius 2 is 1.21 bits per heavy atom. The van der Waals surface area contributed by atoms with Crippen LogP contribution < -0.4 is 0 Å². The first-order valence-electron chi connectivity index (χ1n) is 9.45. The van der Waals surface area contributed by atoms with Gasteiger partial charge in [-0.25, -0.2) is 0 Å². The van der Waals surface area contributed by atoms with Gasteiger partial charge in [0.05, 0.1) is 36.6 Å². The first-order chi connectivity index (χ1) is 11.1. The second-order valence-electron chi connectivity index (χ2n) is 9.71. The molecule has 3 heterocycles. The maximum absolute atomic E-state index is 6.06. The smallest absolute Gasteiger partial charge is 0.0757 e. The van der Waals surface area contributed by atoms with E-state index in [1.54, 1.807) is 0 Å². The van der Waals surface area contributed by atoms with Crippen LogP contribution in [-0.4, -0.2) is 85.7 Å². The highest BCUT2D eigenvalue weighted by molar-refractivity contribution is 4.96. The Labute approximate surface area is 147 Å². The number of ether oxygens (including phenoxy) is 3. The lowest BCUT2D eigenvalue weighted by atomic mass is 9.83. The van der Waals surface area contributed by atoms with Gasteiger partial charge in [0, 0.05) is 44.7 Å². The molecule has 0 aromatic heterocycles. The standard InChI is InChI=1S/C19H36N2O3/c1-15-7-20(9-17(3,4)23-15)11-19(13-22-14-19)12-21-8-16(2)24-18(5,6)10-21/h15-16H,7-14H2,1-6H3/t15-,16-/m1/s1. The summed E-state index contributed by atoms with van der Waals surface area (Å²) < 4.78 is 17.8. The summed E-state index contributed by atoms with van der Waals surface area (Å²) in [4.78, 5) is 5.18. The van der Waals surface area contributed by atoms with Gasteiger partial charge in [-0.15, -0.1) is 0 Å². The van der Waals surface area contributed by atoms with Crippen LogP contribution in [0.4, 0.5) is 0 Å². The van der Waals surface area contributed by atoms with Crippen molar-refractivity contribution in [2.24, 2.45) is 5.41 Å². The van der Waals surface area contributed by atoms with Gasteiger partial charge >= 0.3 is 0 Å². The van der Waals surface area contributed by atoms with Crippen LogP contribution in [0.5, 0.6) is 0 Å². The summed E-state index contributed by atoms with van der Waals surface area (Å²) in [5.74, 6) is 0. The third-order valence-electron chi connectivity index (χ3n) is 5.21. The van der Waals surface area contributed by atoms with Crippen molar-refractivity contribution in [2.75, 3.05) is 52.5 Å². The van der Waals surface area contributed by atoms with Crippen molar-refractivity contribution in [3.05, 3.63) is 0 Å². The molecular weight excluding hydrogens is 304 g/mol. The van der Waals surface area contributed by atoms with E-state index in [0.717, 1.165) is 52.5 Å². The SMILES string of the molecule is C[C@@H]1CN(CC2(CN3C[C@@H](C)OC(C)(C)C3)COC2)CC(C)(C)O1. The molecule has 0 N–H and O–H groups in total. The molecule has 0 amide bonds. The van der Waals surface area contributed by atoms with Gasteiger partial charge in [0.25, 0.3) is 0 Å². The Hall–Kier alpha value is -0.200. The van der Waals surface area contributed by atoms with E-state index in [1.807, 2.05) is 0 Å². The van der Waals surface area contributed by atoms with Crippen LogP contribution in [0.1, 0.15) is 41.5 Å². The molecule has 0 bridgehead atoms. The lowest BCUT2D eigenvalue weighted by molar-refractivity contribution is -0.187. The molecule has 0 aromatic rings. The van der Waals surface area contributed by atoms with Crippen molar-refractivity contribution in [1.82, 2.24) is 9.80 Å². The summed E-state index contributed by atoms with van der Waals surface area (Å²) in [6.07, 6.45) is 0.600. The minimum Gasteiger partial charge on any atom is -0.380 e. The molecule has 2 atom stereocenters. The summed E-state index contributed by atoms with van der Waals surface area (Å²) in [6.45, 7) is 21.2. The average molecular weight is 341 g/mol. The Morgan fingerprint density at radius 3 is 1.50 bits per heavy atom. The monoisotopic (exact) mass is 340 g/mol. The summed E-state index contributed by atoms with van der Waals surface area (Å²) in [5.41, 5.74) is 0.151. The fourth-order valence-corrected chi connectivity index (χ4v) is 4.98. The molecule has 5 heteroatoms. The van der Waals surface area contributed by atoms with Gasteiger partial charge in [0.2, 0.25) is 0 Å². The van der Waals surface area contributed by atoms with E-state index < -0.39 is 0 Å². The van der Waals surface area contributed by atoms with E-state index >= 15 is 0 Å². The molecule has 140 valence electrons. The molecule has 3 rings (SSSR count). The summed E-state index contributed by atoms with van der Waals surface area (Å²) in [5, 5.41) is 0. The first-order valence-corrected chi connectivity index (χ1v) is 9.45. The van der Waals surface area contributed by atoms with Crippen molar-refractivity contribution in [3.63, 3.8) is 0 Å². The molecule has 0 radical (unpaired) electrons. The van der Waals surface area contributed by atoms with Crippen molar-refractivity contribution < 1.29 is 14.2 Å². The van der Waals surface area contributed by atoms with E-state index in [1.165, 1.54) is 0 Å². The second-order valence-corrected chi connectivity index (χ2v) is 9.71. The van der Waals surface area contributed by atoms with E-state index in [0.29, 0.717) is 12.2 Å². The van der Waals surface area contributed by atoms with Crippen molar-refractivity contribution in [2.45, 2.75) is 65.0 Å². The predicted octanol–water partition coefficient (Wildman–Crippen LogP) is 2.00. The topological polar surface area (TPSA) is 34.2 Å². The normalized spacial score (nSPS) is 36.2. The zero-order valence-electron chi connectivity index (χ0n) is 16.4. The number of rotatable bonds is 4.